The Kier molecular flexibility index (Phi) is 4.31. The number of pyridine rings is 1. The number of alkyl halides is 2. The summed E-state index contributed by atoms with van der Waals surface area (Å²) in [5, 5.41) is 14.8. The van der Waals surface area contributed by atoms with Gasteiger partial charge in [-0.3, -0.25) is 14.8 Å². The van der Waals surface area contributed by atoms with E-state index in [1.807, 2.05) is 6.07 Å². The number of rotatable bonds is 4. The second kappa shape index (κ2) is 8.03. The fourth-order valence-electron chi connectivity index (χ4n) is 6.57. The van der Waals surface area contributed by atoms with Crippen molar-refractivity contribution in [1.29, 1.82) is 0 Å². The SMILES string of the molecule is [2H]C([2H])([2H])N1C(=O)c2cccc(OC(F)F)c2[C@H]2C[C@@H]1c1nn3ccc(-c4cnc(C5(N)CC(C)(O)C5)cn4)cc3c12. The van der Waals surface area contributed by atoms with Gasteiger partial charge in [0.1, 0.15) is 5.75 Å². The summed E-state index contributed by atoms with van der Waals surface area (Å²) in [6.45, 7) is -4.22. The minimum atomic E-state index is -3.14. The molecule has 4 heterocycles. The van der Waals surface area contributed by atoms with Gasteiger partial charge in [-0.2, -0.15) is 13.9 Å². The Morgan fingerprint density at radius 1 is 1.23 bits per heavy atom. The van der Waals surface area contributed by atoms with E-state index in [2.05, 4.69) is 15.1 Å². The maximum absolute atomic E-state index is 13.6. The Bertz CT molecular complexity index is 1750. The van der Waals surface area contributed by atoms with Gasteiger partial charge in [0.2, 0.25) is 0 Å². The van der Waals surface area contributed by atoms with Gasteiger partial charge in [0, 0.05) is 45.5 Å². The minimum Gasteiger partial charge on any atom is -0.434 e. The molecule has 7 rings (SSSR count). The fraction of sp³-hybridized carbons (Fsp3) is 0.357. The second-order valence-corrected chi connectivity index (χ2v) is 10.9. The monoisotopic (exact) mass is 535 g/mol. The zero-order valence-corrected chi connectivity index (χ0v) is 20.8. The van der Waals surface area contributed by atoms with Gasteiger partial charge in [0.15, 0.2) is 0 Å². The number of hydrogen-bond acceptors (Lipinski definition) is 7. The molecule has 4 aromatic rings. The number of aromatic nitrogens is 4. The van der Waals surface area contributed by atoms with Crippen molar-refractivity contribution in [2.24, 2.45) is 5.73 Å². The van der Waals surface area contributed by atoms with Crippen LogP contribution in [-0.2, 0) is 5.54 Å². The maximum atomic E-state index is 13.6. The summed E-state index contributed by atoms with van der Waals surface area (Å²) in [5.74, 6) is -1.60. The predicted molar refractivity (Wildman–Crippen MR) is 136 cm³/mol. The first kappa shape index (κ1) is 20.9. The molecule has 0 saturated heterocycles. The average Bonchev–Trinajstić information content (AvgIpc) is 3.39. The highest BCUT2D eigenvalue weighted by atomic mass is 19.3. The molecule has 200 valence electrons. The summed E-state index contributed by atoms with van der Waals surface area (Å²) in [6, 6.07) is 6.90. The molecule has 1 amide bonds. The number of benzene rings is 1. The first-order valence-electron chi connectivity index (χ1n) is 14.0. The number of carbonyl (C=O) groups is 1. The van der Waals surface area contributed by atoms with E-state index in [-0.39, 0.29) is 23.3 Å². The van der Waals surface area contributed by atoms with E-state index in [1.165, 1.54) is 18.2 Å². The zero-order chi connectivity index (χ0) is 29.8. The van der Waals surface area contributed by atoms with Gasteiger partial charge in [-0.05, 0) is 50.5 Å². The molecule has 9 nitrogen and oxygen atoms in total. The average molecular weight is 536 g/mol. The highest BCUT2D eigenvalue weighted by molar-refractivity contribution is 5.98. The van der Waals surface area contributed by atoms with Crippen molar-refractivity contribution in [3.63, 3.8) is 0 Å². The van der Waals surface area contributed by atoms with Crippen molar-refractivity contribution < 1.29 is 27.5 Å². The van der Waals surface area contributed by atoms with Gasteiger partial charge in [0.25, 0.3) is 5.91 Å². The second-order valence-electron chi connectivity index (χ2n) is 10.9. The van der Waals surface area contributed by atoms with Crippen molar-refractivity contribution in [1.82, 2.24) is 24.5 Å². The molecule has 1 aromatic carbocycles. The molecule has 1 fully saturated rings. The molecule has 3 N–H and O–H groups in total. The number of carbonyl (C=O) groups excluding carboxylic acids is 1. The molecule has 2 bridgehead atoms. The van der Waals surface area contributed by atoms with E-state index in [0.717, 1.165) is 4.90 Å². The highest BCUT2D eigenvalue weighted by Gasteiger charge is 2.50. The molecule has 1 saturated carbocycles. The number of halogens is 2. The van der Waals surface area contributed by atoms with Crippen LogP contribution < -0.4 is 10.5 Å². The maximum Gasteiger partial charge on any atom is 0.387 e. The zero-order valence-electron chi connectivity index (χ0n) is 23.8. The van der Waals surface area contributed by atoms with Crippen LogP contribution in [0.25, 0.3) is 16.8 Å². The number of nitrogens with zero attached hydrogens (tertiary/aromatic N) is 5. The number of ether oxygens (including phenoxy) is 1. The Morgan fingerprint density at radius 3 is 2.74 bits per heavy atom. The molecule has 1 aliphatic heterocycles. The smallest absolute Gasteiger partial charge is 0.387 e. The molecule has 2 aliphatic carbocycles. The molecular weight excluding hydrogens is 506 g/mol. The van der Waals surface area contributed by atoms with Crippen LogP contribution in [0, 0.1) is 0 Å². The highest BCUT2D eigenvalue weighted by Crippen LogP contribution is 2.53. The molecular formula is C28H26F2N6O3. The van der Waals surface area contributed by atoms with E-state index in [4.69, 9.17) is 14.6 Å². The third kappa shape index (κ3) is 3.56. The van der Waals surface area contributed by atoms with Crippen LogP contribution in [0.3, 0.4) is 0 Å². The third-order valence-electron chi connectivity index (χ3n) is 8.07. The standard InChI is InChI=1S/C28H26F2N6O3/c1-27(38)12-28(31,13-27)21-11-32-17(10-33-21)14-6-7-36-18(8-14)23-16-9-19(24(23)34-36)35(2)25(37)15-4-3-5-20(22(15)16)39-26(29)30/h3-8,10-11,16,19,26,38H,9,12-13,31H2,1-2H3/t16-,19-,27?,28?/m1/s1/i2D3. The van der Waals surface area contributed by atoms with E-state index in [9.17, 15) is 18.7 Å². The molecule has 0 spiro atoms. The summed E-state index contributed by atoms with van der Waals surface area (Å²) in [4.78, 5) is 23.5. The lowest BCUT2D eigenvalue weighted by Crippen LogP contribution is -2.58. The molecule has 11 heteroatoms. The van der Waals surface area contributed by atoms with Crippen molar-refractivity contribution in [2.75, 3.05) is 6.98 Å². The van der Waals surface area contributed by atoms with Crippen LogP contribution in [0.5, 0.6) is 5.75 Å². The van der Waals surface area contributed by atoms with E-state index in [1.54, 1.807) is 36.1 Å². The third-order valence-corrected chi connectivity index (χ3v) is 8.07. The van der Waals surface area contributed by atoms with Crippen LogP contribution in [0.4, 0.5) is 8.78 Å². The number of aliphatic hydroxyl groups is 1. The van der Waals surface area contributed by atoms with Crippen molar-refractivity contribution in [3.8, 4) is 17.0 Å². The van der Waals surface area contributed by atoms with Gasteiger partial charge >= 0.3 is 6.61 Å². The Hall–Kier alpha value is -3.96. The summed E-state index contributed by atoms with van der Waals surface area (Å²) in [7, 11) is 0. The summed E-state index contributed by atoms with van der Waals surface area (Å²) < 4.78 is 57.7. The molecule has 3 aromatic heterocycles. The van der Waals surface area contributed by atoms with Crippen LogP contribution in [0.2, 0.25) is 0 Å². The number of fused-ring (bicyclic) bond motifs is 9. The fourth-order valence-corrected chi connectivity index (χ4v) is 6.57. The van der Waals surface area contributed by atoms with E-state index >= 15 is 0 Å². The van der Waals surface area contributed by atoms with Crippen LogP contribution >= 0.6 is 0 Å². The molecule has 3 aliphatic rings. The Labute approximate surface area is 226 Å². The quantitative estimate of drug-likeness (QED) is 0.409. The van der Waals surface area contributed by atoms with Crippen molar-refractivity contribution in [3.05, 3.63) is 77.0 Å². The topological polar surface area (TPSA) is 119 Å². The summed E-state index contributed by atoms with van der Waals surface area (Å²) >= 11 is 0. The van der Waals surface area contributed by atoms with Crippen LogP contribution in [0.1, 0.15) is 75.1 Å². The normalized spacial score (nSPS) is 28.8. The Morgan fingerprint density at radius 2 is 2.05 bits per heavy atom. The number of hydrogen-bond donors (Lipinski definition) is 2. The van der Waals surface area contributed by atoms with E-state index in [0.29, 0.717) is 46.6 Å². The summed E-state index contributed by atoms with van der Waals surface area (Å²) in [5.41, 5.74) is 8.50. The largest absolute Gasteiger partial charge is 0.434 e. The van der Waals surface area contributed by atoms with Crippen molar-refractivity contribution in [2.45, 2.75) is 55.9 Å². The van der Waals surface area contributed by atoms with E-state index < -0.39 is 42.6 Å². The molecule has 39 heavy (non-hydrogen) atoms. The van der Waals surface area contributed by atoms with Crippen LogP contribution in [0.15, 0.2) is 48.9 Å². The number of amides is 1. The lowest BCUT2D eigenvalue weighted by molar-refractivity contribution is -0.0754. The minimum absolute atomic E-state index is 0.00470. The lowest BCUT2D eigenvalue weighted by Gasteiger charge is -2.48. The van der Waals surface area contributed by atoms with Gasteiger partial charge in [0.05, 0.1) is 52.2 Å². The lowest BCUT2D eigenvalue weighted by atomic mass is 9.65. The van der Waals surface area contributed by atoms with Gasteiger partial charge in [-0.1, -0.05) is 6.07 Å². The molecule has 0 radical (unpaired) electrons. The van der Waals surface area contributed by atoms with Gasteiger partial charge in [-0.25, -0.2) is 4.52 Å². The van der Waals surface area contributed by atoms with Crippen molar-refractivity contribution >= 4 is 11.4 Å². The molecule has 0 unspecified atom stereocenters. The Balaban J connectivity index is 1.36. The molecule has 2 atom stereocenters. The number of nitrogens with two attached hydrogens (primary N) is 1. The summed E-state index contributed by atoms with van der Waals surface area (Å²) in [6.07, 6.45) is 5.79. The van der Waals surface area contributed by atoms with Gasteiger partial charge < -0.3 is 20.5 Å². The first-order valence-corrected chi connectivity index (χ1v) is 12.5. The first-order chi connectivity index (χ1) is 19.8. The predicted octanol–water partition coefficient (Wildman–Crippen LogP) is 3.75. The van der Waals surface area contributed by atoms with Crippen LogP contribution in [-0.4, -0.2) is 54.7 Å². The van der Waals surface area contributed by atoms with Gasteiger partial charge in [-0.15, -0.1) is 0 Å².